The number of rotatable bonds is 6. The summed E-state index contributed by atoms with van der Waals surface area (Å²) in [5.41, 5.74) is 2.09. The molecule has 4 aromatic rings. The number of hydrogen-bond acceptors (Lipinski definition) is 10. The van der Waals surface area contributed by atoms with E-state index >= 15 is 0 Å². The second kappa shape index (κ2) is 15.6. The zero-order valence-electron chi connectivity index (χ0n) is 27.0. The van der Waals surface area contributed by atoms with Crippen LogP contribution in [0.15, 0.2) is 65.4 Å². The number of piperidine rings is 1. The molecule has 1 saturated heterocycles. The Bertz CT molecular complexity index is 1790. The molecule has 0 unspecified atom stereocenters. The fourth-order valence-corrected chi connectivity index (χ4v) is 5.85. The van der Waals surface area contributed by atoms with Crippen molar-refractivity contribution in [2.45, 2.75) is 57.2 Å². The van der Waals surface area contributed by atoms with Crippen molar-refractivity contribution in [3.8, 4) is 28.6 Å². The number of halogens is 1. The molecular formula is C35H37FN6O7. The normalized spacial score (nSPS) is 18.4. The van der Waals surface area contributed by atoms with E-state index < -0.39 is 23.9 Å². The Morgan fingerprint density at radius 3 is 2.84 bits per heavy atom. The van der Waals surface area contributed by atoms with Crippen molar-refractivity contribution in [1.82, 2.24) is 30.7 Å². The molecule has 0 radical (unpaired) electrons. The van der Waals surface area contributed by atoms with Crippen molar-refractivity contribution in [3.05, 3.63) is 83.8 Å². The lowest BCUT2D eigenvalue weighted by Gasteiger charge is -2.39. The number of methoxy groups -OCH3 is 1. The van der Waals surface area contributed by atoms with Crippen molar-refractivity contribution in [2.75, 3.05) is 26.8 Å². The Morgan fingerprint density at radius 2 is 2.00 bits per heavy atom. The van der Waals surface area contributed by atoms with Gasteiger partial charge in [-0.3, -0.25) is 19.4 Å². The van der Waals surface area contributed by atoms with Crippen LogP contribution < -0.4 is 24.8 Å². The molecule has 14 heteroatoms. The number of pyridine rings is 1. The second-order valence-electron chi connectivity index (χ2n) is 11.9. The highest BCUT2D eigenvalue weighted by molar-refractivity contribution is 5.79. The van der Waals surface area contributed by atoms with Gasteiger partial charge in [0.1, 0.15) is 17.7 Å². The molecule has 2 aromatic carbocycles. The van der Waals surface area contributed by atoms with Crippen LogP contribution in [0.5, 0.6) is 17.2 Å². The molecule has 2 aliphatic heterocycles. The molecule has 256 valence electrons. The fraction of sp³-hybridized carbons (Fsp3) is 0.371. The van der Waals surface area contributed by atoms with Gasteiger partial charge in [0.2, 0.25) is 23.5 Å². The van der Waals surface area contributed by atoms with E-state index in [1.165, 1.54) is 19.2 Å². The zero-order valence-corrected chi connectivity index (χ0v) is 27.0. The molecule has 49 heavy (non-hydrogen) atoms. The first kappa shape index (κ1) is 33.4. The number of fused-ring (bicyclic) bond motifs is 5. The minimum absolute atomic E-state index is 0.0965. The van der Waals surface area contributed by atoms with E-state index in [2.05, 4.69) is 25.8 Å². The third-order valence-corrected chi connectivity index (χ3v) is 8.35. The highest BCUT2D eigenvalue weighted by Crippen LogP contribution is 2.29. The summed E-state index contributed by atoms with van der Waals surface area (Å²) in [4.78, 5) is 49.3. The number of likely N-dealkylation sites (tertiary alicyclic amines) is 1. The molecule has 2 atom stereocenters. The van der Waals surface area contributed by atoms with Crippen LogP contribution in [0.3, 0.4) is 0 Å². The molecule has 4 heterocycles. The summed E-state index contributed by atoms with van der Waals surface area (Å²) in [5, 5.41) is 9.80. The molecule has 6 rings (SSSR count). The number of carbonyl (C=O) groups excluding carboxylic acids is 3. The smallest absolute Gasteiger partial charge is 0.258 e. The number of nitrogens with one attached hydrogen (secondary N) is 2. The minimum atomic E-state index is -0.620. The minimum Gasteiger partial charge on any atom is -0.493 e. The maximum absolute atomic E-state index is 14.6. The Morgan fingerprint density at radius 1 is 1.10 bits per heavy atom. The Balaban J connectivity index is 1.14. The van der Waals surface area contributed by atoms with Crippen LogP contribution in [0.2, 0.25) is 0 Å². The number of carbonyl (C=O) groups is 3. The van der Waals surface area contributed by atoms with E-state index in [0.717, 1.165) is 11.1 Å². The lowest BCUT2D eigenvalue weighted by atomic mass is 10.0. The summed E-state index contributed by atoms with van der Waals surface area (Å²) in [5.74, 6) is 0.684. The summed E-state index contributed by atoms with van der Waals surface area (Å²) < 4.78 is 37.5. The first-order chi connectivity index (χ1) is 23.8. The number of hydrogen-bond donors (Lipinski definition) is 2. The number of ether oxygens (including phenoxy) is 3. The Kier molecular flexibility index (Phi) is 10.6. The number of aryl methyl sites for hydroxylation is 2. The van der Waals surface area contributed by atoms with Crippen molar-refractivity contribution in [3.63, 3.8) is 0 Å². The van der Waals surface area contributed by atoms with Crippen LogP contribution in [-0.4, -0.2) is 76.7 Å². The predicted octanol–water partition coefficient (Wildman–Crippen LogP) is 3.41. The van der Waals surface area contributed by atoms with Gasteiger partial charge >= 0.3 is 0 Å². The predicted molar refractivity (Wildman–Crippen MR) is 173 cm³/mol. The maximum atomic E-state index is 14.6. The second-order valence-corrected chi connectivity index (χ2v) is 11.9. The summed E-state index contributed by atoms with van der Waals surface area (Å²) in [6.45, 7) is 0.344. The summed E-state index contributed by atoms with van der Waals surface area (Å²) >= 11 is 0. The average molecular weight is 673 g/mol. The number of nitrogens with zero attached hydrogens (tertiary/aromatic N) is 4. The van der Waals surface area contributed by atoms with Crippen LogP contribution >= 0.6 is 0 Å². The lowest BCUT2D eigenvalue weighted by Crippen LogP contribution is -2.58. The van der Waals surface area contributed by atoms with Gasteiger partial charge in [0.15, 0.2) is 18.1 Å². The largest absolute Gasteiger partial charge is 0.493 e. The summed E-state index contributed by atoms with van der Waals surface area (Å²) in [6, 6.07) is 12.6. The quantitative estimate of drug-likeness (QED) is 0.311. The monoisotopic (exact) mass is 672 g/mol. The van der Waals surface area contributed by atoms with Gasteiger partial charge in [0, 0.05) is 69.3 Å². The number of amides is 3. The van der Waals surface area contributed by atoms with Crippen molar-refractivity contribution in [2.24, 2.45) is 0 Å². The zero-order chi connectivity index (χ0) is 34.2. The summed E-state index contributed by atoms with van der Waals surface area (Å²) in [7, 11) is 1.50. The Hall–Kier alpha value is -5.53. The molecule has 2 aromatic heterocycles. The molecule has 1 fully saturated rings. The van der Waals surface area contributed by atoms with E-state index in [0.29, 0.717) is 61.0 Å². The topological polar surface area (TPSA) is 158 Å². The first-order valence-electron chi connectivity index (χ1n) is 16.2. The molecule has 0 saturated carbocycles. The Labute approximate surface area is 282 Å². The third kappa shape index (κ3) is 8.89. The van der Waals surface area contributed by atoms with Gasteiger partial charge in [-0.1, -0.05) is 11.2 Å². The third-order valence-electron chi connectivity index (χ3n) is 8.35. The fourth-order valence-electron chi connectivity index (χ4n) is 5.85. The molecule has 13 nitrogen and oxygen atoms in total. The van der Waals surface area contributed by atoms with Crippen LogP contribution in [0, 0.1) is 5.82 Å². The van der Waals surface area contributed by atoms with Crippen LogP contribution in [0.1, 0.15) is 42.7 Å². The van der Waals surface area contributed by atoms with Crippen molar-refractivity contribution in [1.29, 1.82) is 0 Å². The van der Waals surface area contributed by atoms with Gasteiger partial charge in [-0.2, -0.15) is 4.98 Å². The van der Waals surface area contributed by atoms with Crippen LogP contribution in [0.4, 0.5) is 4.39 Å². The lowest BCUT2D eigenvalue weighted by molar-refractivity contribution is -0.135. The molecular weight excluding hydrogens is 635 g/mol. The molecule has 0 aliphatic carbocycles. The van der Waals surface area contributed by atoms with Gasteiger partial charge in [0.05, 0.1) is 13.2 Å². The number of benzene rings is 2. The SMILES string of the molecule is COc1ccc2cc1OCC(=O)N[C@@H]1CN(C(=O)CCCc3nc(-c4cccnc4)no3)CC[C@H]1Oc1cc(F)cc(c1)CNC(=O)CC2. The first-order valence-corrected chi connectivity index (χ1v) is 16.2. The van der Waals surface area contributed by atoms with Crippen molar-refractivity contribution < 1.29 is 37.5 Å². The number of aromatic nitrogens is 3. The van der Waals surface area contributed by atoms with E-state index in [1.54, 1.807) is 41.6 Å². The molecule has 2 aliphatic rings. The van der Waals surface area contributed by atoms with Gasteiger partial charge in [-0.15, -0.1) is 0 Å². The molecule has 4 bridgehead atoms. The highest BCUT2D eigenvalue weighted by Gasteiger charge is 2.34. The van der Waals surface area contributed by atoms with Crippen molar-refractivity contribution >= 4 is 17.7 Å². The highest BCUT2D eigenvalue weighted by atomic mass is 19.1. The molecule has 0 spiro atoms. The van der Waals surface area contributed by atoms with E-state index in [1.807, 2.05) is 12.1 Å². The molecule has 2 N–H and O–H groups in total. The van der Waals surface area contributed by atoms with Gasteiger partial charge in [-0.25, -0.2) is 4.39 Å². The standard InChI is InChI=1S/C35H37FN6O7/c1-46-29-9-7-22-8-10-31(43)38-18-23-14-25(36)17-26(15-23)48-28-11-13-42(20-27(28)39-32(44)21-47-30(29)16-22)34(45)6-2-5-33-40-35(41-49-33)24-4-3-12-37-19-24/h3-4,7,9,12,14-17,19,27-28H,2,5-6,8,10-11,13,18,20-21H2,1H3,(H,38,43)(H,39,44)/t27-,28-/m1/s1. The van der Waals surface area contributed by atoms with Crippen LogP contribution in [0.25, 0.3) is 11.4 Å². The van der Waals surface area contributed by atoms with Gasteiger partial charge in [-0.05, 0) is 60.4 Å². The van der Waals surface area contributed by atoms with E-state index in [-0.39, 0.29) is 50.1 Å². The molecule has 3 amide bonds. The van der Waals surface area contributed by atoms with Crippen LogP contribution in [-0.2, 0) is 33.8 Å². The maximum Gasteiger partial charge on any atom is 0.258 e. The van der Waals surface area contributed by atoms with Gasteiger partial charge in [0.25, 0.3) is 5.91 Å². The summed E-state index contributed by atoms with van der Waals surface area (Å²) in [6.07, 6.45) is 4.88. The average Bonchev–Trinajstić information content (AvgIpc) is 3.58. The van der Waals surface area contributed by atoms with E-state index in [9.17, 15) is 18.8 Å². The van der Waals surface area contributed by atoms with E-state index in [4.69, 9.17) is 18.7 Å². The van der Waals surface area contributed by atoms with Gasteiger partial charge < -0.3 is 34.3 Å².